The van der Waals surface area contributed by atoms with Crippen LogP contribution in [0, 0.1) is 17.8 Å². The molecular formula is C33H46N2O5S. The molecule has 0 aliphatic carbocycles. The number of thioether (sulfide) groups is 1. The van der Waals surface area contributed by atoms with Gasteiger partial charge < -0.3 is 19.6 Å². The predicted molar refractivity (Wildman–Crippen MR) is 163 cm³/mol. The smallest absolute Gasteiger partial charge is 0.310 e. The zero-order chi connectivity index (χ0) is 29.7. The van der Waals surface area contributed by atoms with Crippen molar-refractivity contribution in [3.05, 3.63) is 61.2 Å². The van der Waals surface area contributed by atoms with Crippen LogP contribution in [0.3, 0.4) is 0 Å². The van der Waals surface area contributed by atoms with Crippen molar-refractivity contribution in [1.29, 1.82) is 0 Å². The van der Waals surface area contributed by atoms with Crippen molar-refractivity contribution in [2.75, 3.05) is 19.8 Å². The summed E-state index contributed by atoms with van der Waals surface area (Å²) in [4.78, 5) is 46.4. The van der Waals surface area contributed by atoms with Crippen LogP contribution in [0.25, 0.3) is 0 Å². The molecule has 3 fully saturated rings. The topological polar surface area (TPSA) is 87.2 Å². The van der Waals surface area contributed by atoms with Gasteiger partial charge >= 0.3 is 5.97 Å². The molecule has 8 heteroatoms. The Hall–Kier alpha value is -2.58. The Morgan fingerprint density at radius 1 is 1.24 bits per heavy atom. The molecule has 3 saturated heterocycles. The number of hydrogen-bond acceptors (Lipinski definition) is 6. The number of carbonyl (C=O) groups excluding carboxylic acids is 3. The number of allylic oxidation sites excluding steroid dienone is 1. The Labute approximate surface area is 249 Å². The number of esters is 1. The highest BCUT2D eigenvalue weighted by Crippen LogP contribution is 2.69. The minimum absolute atomic E-state index is 0.0317. The van der Waals surface area contributed by atoms with E-state index in [0.717, 1.165) is 44.1 Å². The zero-order valence-corrected chi connectivity index (χ0v) is 25.6. The van der Waals surface area contributed by atoms with Crippen LogP contribution in [0.2, 0.25) is 0 Å². The molecule has 0 radical (unpaired) electrons. The van der Waals surface area contributed by atoms with E-state index in [1.165, 1.54) is 0 Å². The van der Waals surface area contributed by atoms with E-state index in [2.05, 4.69) is 27.0 Å². The van der Waals surface area contributed by atoms with Crippen molar-refractivity contribution in [2.45, 2.75) is 87.4 Å². The van der Waals surface area contributed by atoms with Crippen molar-refractivity contribution in [3.8, 4) is 0 Å². The van der Waals surface area contributed by atoms with E-state index in [4.69, 9.17) is 4.74 Å². The zero-order valence-electron chi connectivity index (χ0n) is 24.7. The van der Waals surface area contributed by atoms with E-state index in [1.807, 2.05) is 48.2 Å². The summed E-state index contributed by atoms with van der Waals surface area (Å²) in [6.07, 6.45) is 8.55. The number of benzene rings is 1. The van der Waals surface area contributed by atoms with Gasteiger partial charge in [0.25, 0.3) is 0 Å². The van der Waals surface area contributed by atoms with Crippen LogP contribution in [0.4, 0.5) is 0 Å². The highest BCUT2D eigenvalue weighted by molar-refractivity contribution is 8.02. The lowest BCUT2D eigenvalue weighted by Gasteiger charge is -2.43. The van der Waals surface area contributed by atoms with Crippen molar-refractivity contribution in [2.24, 2.45) is 17.8 Å². The average molecular weight is 583 g/mol. The normalized spacial score (nSPS) is 29.6. The number of carbonyl (C=O) groups is 3. The summed E-state index contributed by atoms with van der Waals surface area (Å²) in [6.45, 7) is 14.2. The van der Waals surface area contributed by atoms with Gasteiger partial charge in [-0.15, -0.1) is 24.9 Å². The fourth-order valence-corrected chi connectivity index (χ4v) is 9.78. The lowest BCUT2D eigenvalue weighted by atomic mass is 9.66. The molecule has 3 aliphatic rings. The number of hydrogen-bond donors (Lipinski definition) is 1. The molecule has 41 heavy (non-hydrogen) atoms. The minimum atomic E-state index is -0.813. The molecular weight excluding hydrogens is 536 g/mol. The molecule has 4 unspecified atom stereocenters. The second-order valence-electron chi connectivity index (χ2n) is 11.8. The van der Waals surface area contributed by atoms with Gasteiger partial charge in [0.2, 0.25) is 11.8 Å². The van der Waals surface area contributed by atoms with Gasteiger partial charge in [0.05, 0.1) is 35.8 Å². The summed E-state index contributed by atoms with van der Waals surface area (Å²) < 4.78 is 4.98. The molecule has 4 rings (SSSR count). The lowest BCUT2D eigenvalue weighted by molar-refractivity contribution is -0.155. The molecule has 1 aromatic rings. The molecule has 3 aliphatic heterocycles. The van der Waals surface area contributed by atoms with Crippen molar-refractivity contribution < 1.29 is 24.2 Å². The first-order chi connectivity index (χ1) is 19.8. The Balaban J connectivity index is 1.77. The van der Waals surface area contributed by atoms with Gasteiger partial charge in [-0.2, -0.15) is 0 Å². The number of aliphatic hydroxyl groups excluding tert-OH is 1. The second-order valence-corrected chi connectivity index (χ2v) is 13.3. The molecule has 224 valence electrons. The largest absolute Gasteiger partial charge is 0.465 e. The van der Waals surface area contributed by atoms with E-state index in [0.29, 0.717) is 13.2 Å². The number of nitrogens with zero attached hydrogens (tertiary/aromatic N) is 2. The highest BCUT2D eigenvalue weighted by atomic mass is 32.2. The van der Waals surface area contributed by atoms with Crippen LogP contribution in [-0.4, -0.2) is 74.5 Å². The number of aliphatic hydroxyl groups is 1. The number of fused-ring (bicyclic) bond motifs is 1. The molecule has 3 heterocycles. The maximum atomic E-state index is 14.7. The molecule has 1 aromatic carbocycles. The number of amides is 2. The van der Waals surface area contributed by atoms with Crippen molar-refractivity contribution >= 4 is 29.5 Å². The van der Waals surface area contributed by atoms with Gasteiger partial charge in [-0.3, -0.25) is 14.4 Å². The van der Waals surface area contributed by atoms with Gasteiger partial charge in [0.15, 0.2) is 0 Å². The maximum absolute atomic E-state index is 14.7. The average Bonchev–Trinajstić information content (AvgIpc) is 3.56. The standard InChI is InChI=1S/C33H46N2O5S/c1-6-9-10-14-19-40-32(39)27-26-20-22(4)33(41-26)28(27)30(37)35(25(21-36)24-16-12-11-13-17-24)29(33)31(38)34(18-8-3)23(5)15-7-2/h6,8,11-13,16-17,22-23,25-29,36H,1,3,7,9-10,14-15,18-21H2,2,4-5H3/t22?,23?,25-,26+,27-,28+,29?,33?/m1/s1. The first-order valence-electron chi connectivity index (χ1n) is 15.1. The molecule has 2 bridgehead atoms. The van der Waals surface area contributed by atoms with Crippen LogP contribution in [0.5, 0.6) is 0 Å². The van der Waals surface area contributed by atoms with E-state index < -0.39 is 28.7 Å². The van der Waals surface area contributed by atoms with Gasteiger partial charge in [-0.25, -0.2) is 0 Å². The quantitative estimate of drug-likeness (QED) is 0.175. The summed E-state index contributed by atoms with van der Waals surface area (Å²) in [5.41, 5.74) is 0.767. The second kappa shape index (κ2) is 13.6. The molecule has 1 N–H and O–H groups in total. The van der Waals surface area contributed by atoms with Gasteiger partial charge in [0.1, 0.15) is 6.04 Å². The number of likely N-dealkylation sites (tertiary alicyclic amines) is 1. The number of ether oxygens (including phenoxy) is 1. The Morgan fingerprint density at radius 3 is 2.61 bits per heavy atom. The van der Waals surface area contributed by atoms with E-state index in [-0.39, 0.29) is 41.6 Å². The van der Waals surface area contributed by atoms with Crippen LogP contribution in [0.1, 0.15) is 70.9 Å². The minimum Gasteiger partial charge on any atom is -0.465 e. The van der Waals surface area contributed by atoms with Crippen LogP contribution < -0.4 is 0 Å². The first kappa shape index (κ1) is 31.4. The summed E-state index contributed by atoms with van der Waals surface area (Å²) in [5.74, 6) is -1.97. The summed E-state index contributed by atoms with van der Waals surface area (Å²) in [5, 5.41) is 10.6. The van der Waals surface area contributed by atoms with Gasteiger partial charge in [-0.1, -0.05) is 62.8 Å². The number of unbranched alkanes of at least 4 members (excludes halogenated alkanes) is 2. The third-order valence-electron chi connectivity index (χ3n) is 9.28. The Kier molecular flexibility index (Phi) is 10.4. The monoisotopic (exact) mass is 582 g/mol. The van der Waals surface area contributed by atoms with E-state index >= 15 is 0 Å². The summed E-state index contributed by atoms with van der Waals surface area (Å²) in [6, 6.07) is 7.83. The highest BCUT2D eigenvalue weighted by Gasteiger charge is 2.77. The lowest BCUT2D eigenvalue weighted by Crippen LogP contribution is -2.59. The predicted octanol–water partition coefficient (Wildman–Crippen LogP) is 5.16. The van der Waals surface area contributed by atoms with Gasteiger partial charge in [0, 0.05) is 17.8 Å². The third-order valence-corrected chi connectivity index (χ3v) is 11.4. The molecule has 2 amide bonds. The maximum Gasteiger partial charge on any atom is 0.310 e. The molecule has 0 aromatic heterocycles. The van der Waals surface area contributed by atoms with Crippen molar-refractivity contribution in [3.63, 3.8) is 0 Å². The van der Waals surface area contributed by atoms with Gasteiger partial charge in [-0.05, 0) is 50.5 Å². The fraction of sp³-hybridized carbons (Fsp3) is 0.606. The van der Waals surface area contributed by atoms with Crippen molar-refractivity contribution in [1.82, 2.24) is 9.80 Å². The third kappa shape index (κ3) is 5.62. The van der Waals surface area contributed by atoms with Crippen LogP contribution in [-0.2, 0) is 19.1 Å². The first-order valence-corrected chi connectivity index (χ1v) is 16.0. The van der Waals surface area contributed by atoms with Crippen LogP contribution >= 0.6 is 11.8 Å². The van der Waals surface area contributed by atoms with E-state index in [1.54, 1.807) is 22.7 Å². The SMILES string of the molecule is C=CCCCCOC(=O)[C@@H]1[C@@H]2CC(C)C3(S2)C(C(=O)N(CC=C)C(C)CCC)N([C@H](CO)c2ccccc2)C(=O)[C@H]13. The summed E-state index contributed by atoms with van der Waals surface area (Å²) >= 11 is 1.64. The molecule has 8 atom stereocenters. The molecule has 0 saturated carbocycles. The molecule has 1 spiro atoms. The van der Waals surface area contributed by atoms with E-state index in [9.17, 15) is 19.5 Å². The Bertz CT molecular complexity index is 1110. The fourth-order valence-electron chi connectivity index (χ4n) is 7.39. The molecule has 7 nitrogen and oxygen atoms in total. The number of rotatable bonds is 15. The van der Waals surface area contributed by atoms with Crippen LogP contribution in [0.15, 0.2) is 55.6 Å². The Morgan fingerprint density at radius 2 is 1.98 bits per heavy atom. The summed E-state index contributed by atoms with van der Waals surface area (Å²) in [7, 11) is 0.